The largest absolute Gasteiger partial charge is 0.478 e. The van der Waals surface area contributed by atoms with Crippen molar-refractivity contribution in [1.29, 1.82) is 0 Å². The number of pyridine rings is 2. The van der Waals surface area contributed by atoms with E-state index in [0.717, 1.165) is 22.3 Å². The van der Waals surface area contributed by atoms with Gasteiger partial charge in [-0.1, -0.05) is 59.6 Å². The summed E-state index contributed by atoms with van der Waals surface area (Å²) in [5.74, 6) is -1.55. The van der Waals surface area contributed by atoms with Gasteiger partial charge in [0.1, 0.15) is 0 Å². The Morgan fingerprint density at radius 3 is 1.45 bits per heavy atom. The molecule has 0 saturated carbocycles. The van der Waals surface area contributed by atoms with Gasteiger partial charge in [-0.3, -0.25) is 29.1 Å². The van der Waals surface area contributed by atoms with E-state index < -0.39 is 18.1 Å². The molecule has 11 nitrogen and oxygen atoms in total. The molecule has 6 aromatic rings. The number of aromatic nitrogens is 2. The molecule has 3 N–H and O–H groups in total. The number of nitrogens with two attached hydrogens (primary N) is 1. The number of carboxylic acid groups (broad SMARTS) is 1. The fraction of sp³-hybridized carbons (Fsp3) is 0.170. The van der Waals surface area contributed by atoms with E-state index in [2.05, 4.69) is 9.97 Å². The number of benzene rings is 4. The normalized spacial score (nSPS) is 16.2. The van der Waals surface area contributed by atoms with E-state index in [1.54, 1.807) is 101 Å². The van der Waals surface area contributed by atoms with Crippen LogP contribution < -0.4 is 5.73 Å². The highest BCUT2D eigenvalue weighted by molar-refractivity contribution is 6.31. The molecule has 2 amide bonds. The summed E-state index contributed by atoms with van der Waals surface area (Å²) in [5.41, 5.74) is 12.3. The van der Waals surface area contributed by atoms with Crippen molar-refractivity contribution in [2.24, 2.45) is 0 Å². The first kappa shape index (κ1) is 41.5. The number of anilines is 1. The number of nitrogens with zero attached hydrogens (tertiary/aromatic N) is 4. The van der Waals surface area contributed by atoms with Crippen LogP contribution in [-0.2, 0) is 48.4 Å². The van der Waals surface area contributed by atoms with Gasteiger partial charge in [0.05, 0.1) is 17.6 Å². The van der Waals surface area contributed by atoms with Gasteiger partial charge >= 0.3 is 5.97 Å². The summed E-state index contributed by atoms with van der Waals surface area (Å²) in [6.07, 6.45) is 7.80. The van der Waals surface area contributed by atoms with E-state index in [1.807, 2.05) is 30.3 Å². The summed E-state index contributed by atoms with van der Waals surface area (Å²) in [6, 6.07) is 29.9. The summed E-state index contributed by atoms with van der Waals surface area (Å²) >= 11 is 12.2. The summed E-state index contributed by atoms with van der Waals surface area (Å²) in [7, 11) is 0. The molecule has 2 aliphatic rings. The Kier molecular flexibility index (Phi) is 12.8. The minimum absolute atomic E-state index is 0.0151. The lowest BCUT2D eigenvalue weighted by molar-refractivity contribution is -0.123. The second-order valence-electron chi connectivity index (χ2n) is 14.7. The molecule has 2 aliphatic heterocycles. The number of carboxylic acids is 1. The molecule has 0 aliphatic carbocycles. The minimum Gasteiger partial charge on any atom is -0.478 e. The van der Waals surface area contributed by atoms with Crippen LogP contribution in [0.2, 0.25) is 10.0 Å². The molecule has 60 heavy (non-hydrogen) atoms. The maximum atomic E-state index is 13.5. The fourth-order valence-electron chi connectivity index (χ4n) is 7.45. The van der Waals surface area contributed by atoms with Gasteiger partial charge in [-0.2, -0.15) is 0 Å². The summed E-state index contributed by atoms with van der Waals surface area (Å²) < 4.78 is 0. The number of fused-ring (bicyclic) bond motifs is 2. The van der Waals surface area contributed by atoms with Crippen LogP contribution in [0.25, 0.3) is 0 Å². The number of amides is 2. The first-order chi connectivity index (χ1) is 28.9. The third-order valence-corrected chi connectivity index (χ3v) is 11.0. The molecule has 0 bridgehead atoms. The van der Waals surface area contributed by atoms with Gasteiger partial charge < -0.3 is 20.6 Å². The Bertz CT molecular complexity index is 2550. The van der Waals surface area contributed by atoms with Gasteiger partial charge in [0.2, 0.25) is 0 Å². The molecular weight excluding hydrogens is 801 g/mol. The minimum atomic E-state index is -1.02. The van der Waals surface area contributed by atoms with Crippen molar-refractivity contribution in [2.75, 3.05) is 5.73 Å². The van der Waals surface area contributed by atoms with Gasteiger partial charge in [0.15, 0.2) is 11.6 Å². The number of nitrogen functional groups attached to an aromatic ring is 1. The molecule has 4 aromatic carbocycles. The zero-order chi connectivity index (χ0) is 42.3. The number of carbonyl (C=O) groups is 5. The average Bonchev–Trinajstić information content (AvgIpc) is 3.39. The van der Waals surface area contributed by atoms with Gasteiger partial charge in [-0.15, -0.1) is 0 Å². The van der Waals surface area contributed by atoms with Crippen LogP contribution in [0.5, 0.6) is 0 Å². The van der Waals surface area contributed by atoms with Crippen LogP contribution in [0.4, 0.5) is 5.69 Å². The molecule has 0 saturated heterocycles. The molecule has 2 atom stereocenters. The van der Waals surface area contributed by atoms with Crippen LogP contribution in [0.15, 0.2) is 134 Å². The number of rotatable bonds is 9. The number of hydrogen-bond acceptors (Lipinski definition) is 8. The van der Waals surface area contributed by atoms with Crippen LogP contribution in [0.1, 0.15) is 64.5 Å². The van der Waals surface area contributed by atoms with Crippen molar-refractivity contribution in [3.63, 3.8) is 0 Å². The highest BCUT2D eigenvalue weighted by Crippen LogP contribution is 2.29. The lowest BCUT2D eigenvalue weighted by atomic mass is 9.98. The third kappa shape index (κ3) is 9.77. The Morgan fingerprint density at radius 1 is 0.617 bits per heavy atom. The third-order valence-electron chi connectivity index (χ3n) is 10.5. The Balaban J connectivity index is 0.000000182. The molecule has 2 aromatic heterocycles. The van der Waals surface area contributed by atoms with Gasteiger partial charge in [0.25, 0.3) is 11.8 Å². The predicted octanol–water partition coefficient (Wildman–Crippen LogP) is 7.51. The highest BCUT2D eigenvalue weighted by Gasteiger charge is 2.37. The second kappa shape index (κ2) is 18.5. The van der Waals surface area contributed by atoms with Gasteiger partial charge in [0, 0.05) is 90.4 Å². The SMILES string of the molecule is Nc1ccc(CN2C(=O)c3ccc(Cl)cc3CC(=O)[C@H]2Cc2cccnc2)cc1.O=C(O)c1ccc(CN2C(=O)c3ccc(Cl)cc3CC(=O)[C@H]2Cc2cccnc2)cc1. The smallest absolute Gasteiger partial charge is 0.335 e. The highest BCUT2D eigenvalue weighted by atomic mass is 35.5. The van der Waals surface area contributed by atoms with Crippen LogP contribution in [0.3, 0.4) is 0 Å². The number of halogens is 2. The Labute approximate surface area is 356 Å². The summed E-state index contributed by atoms with van der Waals surface area (Å²) in [6.45, 7) is 0.495. The number of Topliss-reactive ketones (excluding diaryl/α,β-unsaturated/α-hetero) is 2. The maximum Gasteiger partial charge on any atom is 0.335 e. The van der Waals surface area contributed by atoms with Crippen LogP contribution in [-0.4, -0.2) is 66.3 Å². The molecule has 0 radical (unpaired) electrons. The van der Waals surface area contributed by atoms with Crippen molar-refractivity contribution in [3.8, 4) is 0 Å². The molecule has 4 heterocycles. The van der Waals surface area contributed by atoms with Crippen LogP contribution >= 0.6 is 23.2 Å². The van der Waals surface area contributed by atoms with E-state index in [0.29, 0.717) is 57.4 Å². The second-order valence-corrected chi connectivity index (χ2v) is 15.5. The standard InChI is InChI=1S/C24H19ClN2O4.C23H20ClN3O2/c25-19-7-8-20-18(11-19)12-22(28)21(10-16-2-1-9-26-13-16)27(23(20)29)14-15-3-5-17(6-4-15)24(30)31;24-18-5-8-20-17(11-18)12-22(28)21(10-16-2-1-9-26-13-16)27(23(20)29)14-15-3-6-19(25)7-4-15/h1-9,11,13,21H,10,12,14H2,(H,30,31);1-9,11,13,21H,10,12,14,25H2/t2*21-/m11/s1. The Hall–Kier alpha value is -6.69. The zero-order valence-electron chi connectivity index (χ0n) is 32.2. The summed E-state index contributed by atoms with van der Waals surface area (Å²) in [4.78, 5) is 76.0. The van der Waals surface area contributed by atoms with Gasteiger partial charge in [-0.25, -0.2) is 4.79 Å². The first-order valence-corrected chi connectivity index (χ1v) is 19.9. The van der Waals surface area contributed by atoms with Crippen molar-refractivity contribution in [3.05, 3.63) is 194 Å². The topological polar surface area (TPSA) is 164 Å². The van der Waals surface area contributed by atoms with E-state index >= 15 is 0 Å². The molecular formula is C47H39Cl2N5O6. The lowest BCUT2D eigenvalue weighted by Crippen LogP contribution is -2.44. The van der Waals surface area contributed by atoms with Crippen molar-refractivity contribution < 1.29 is 29.1 Å². The number of hydrogen-bond donors (Lipinski definition) is 2. The van der Waals surface area contributed by atoms with Crippen LogP contribution in [0, 0.1) is 0 Å². The van der Waals surface area contributed by atoms with Crippen molar-refractivity contribution in [1.82, 2.24) is 19.8 Å². The van der Waals surface area contributed by atoms with E-state index in [4.69, 9.17) is 34.0 Å². The van der Waals surface area contributed by atoms with Crippen molar-refractivity contribution >= 4 is 58.2 Å². The van der Waals surface area contributed by atoms with Gasteiger partial charge in [-0.05, 0) is 106 Å². The molecule has 0 spiro atoms. The summed E-state index contributed by atoms with van der Waals surface area (Å²) in [5, 5.41) is 10.1. The average molecular weight is 841 g/mol. The first-order valence-electron chi connectivity index (χ1n) is 19.1. The molecule has 13 heteroatoms. The number of carbonyl (C=O) groups excluding carboxylic acids is 4. The predicted molar refractivity (Wildman–Crippen MR) is 228 cm³/mol. The lowest BCUT2D eigenvalue weighted by Gasteiger charge is -2.29. The van der Waals surface area contributed by atoms with E-state index in [1.165, 1.54) is 12.1 Å². The Morgan fingerprint density at radius 2 is 1.05 bits per heavy atom. The van der Waals surface area contributed by atoms with E-state index in [9.17, 15) is 24.0 Å². The number of ketones is 2. The zero-order valence-corrected chi connectivity index (χ0v) is 33.7. The molecule has 0 unspecified atom stereocenters. The molecule has 8 rings (SSSR count). The monoisotopic (exact) mass is 839 g/mol. The molecule has 0 fully saturated rings. The quantitative estimate of drug-likeness (QED) is 0.140. The maximum absolute atomic E-state index is 13.5. The van der Waals surface area contributed by atoms with Crippen molar-refractivity contribution in [2.45, 2.75) is 50.9 Å². The van der Waals surface area contributed by atoms with E-state index in [-0.39, 0.29) is 48.3 Å². The molecule has 302 valence electrons. The number of aromatic carboxylic acids is 1. The fourth-order valence-corrected chi connectivity index (χ4v) is 7.84.